The van der Waals surface area contributed by atoms with Crippen molar-refractivity contribution in [3.8, 4) is 0 Å². The van der Waals surface area contributed by atoms with Crippen LogP contribution in [0.5, 0.6) is 0 Å². The van der Waals surface area contributed by atoms with Crippen LogP contribution >= 0.6 is 8.07 Å². The lowest BCUT2D eigenvalue weighted by molar-refractivity contribution is 1.13. The summed E-state index contributed by atoms with van der Waals surface area (Å²) in [6.45, 7) is 4.29. The van der Waals surface area contributed by atoms with Crippen molar-refractivity contribution in [3.05, 3.63) is 126 Å². The number of hydrogen-bond donors (Lipinski definition) is 1. The minimum absolute atomic E-state index is 0.812. The van der Waals surface area contributed by atoms with Gasteiger partial charge in [0.15, 0.2) is 0 Å². The van der Waals surface area contributed by atoms with E-state index in [9.17, 15) is 0 Å². The van der Waals surface area contributed by atoms with Gasteiger partial charge < -0.3 is 5.09 Å². The standard InChI is InChI=1S/C28H27N2P/c1-3-23-12-10-11-17-27(23)29-28(24-20-18-22(2)19-21-24)30-31(25-13-6-4-7-14-25)26-15-8-5-9-16-26/h4-21H,3H2,1-2H3,(H,29,30). The van der Waals surface area contributed by atoms with Crippen molar-refractivity contribution in [3.63, 3.8) is 0 Å². The molecule has 0 heterocycles. The normalized spacial score (nSPS) is 11.5. The minimum atomic E-state index is -0.812. The fourth-order valence-electron chi connectivity index (χ4n) is 3.44. The molecule has 0 saturated carbocycles. The number of benzene rings is 4. The van der Waals surface area contributed by atoms with E-state index in [4.69, 9.17) is 4.99 Å². The molecule has 154 valence electrons. The van der Waals surface area contributed by atoms with Gasteiger partial charge in [0.2, 0.25) is 0 Å². The summed E-state index contributed by atoms with van der Waals surface area (Å²) in [5.74, 6) is 0.903. The van der Waals surface area contributed by atoms with E-state index in [2.05, 4.69) is 128 Å². The first-order valence-electron chi connectivity index (χ1n) is 10.6. The molecule has 1 N–H and O–H groups in total. The Morgan fingerprint density at radius 3 is 1.84 bits per heavy atom. The van der Waals surface area contributed by atoms with Crippen LogP contribution in [0.25, 0.3) is 0 Å². The van der Waals surface area contributed by atoms with Gasteiger partial charge in [-0.15, -0.1) is 0 Å². The third kappa shape index (κ3) is 5.29. The van der Waals surface area contributed by atoms with Gasteiger partial charge in [0, 0.05) is 16.2 Å². The van der Waals surface area contributed by atoms with Gasteiger partial charge in [-0.25, -0.2) is 4.99 Å². The molecule has 4 aromatic carbocycles. The van der Waals surface area contributed by atoms with Gasteiger partial charge in [-0.2, -0.15) is 0 Å². The van der Waals surface area contributed by atoms with E-state index < -0.39 is 8.07 Å². The molecule has 0 saturated heterocycles. The monoisotopic (exact) mass is 422 g/mol. The van der Waals surface area contributed by atoms with Gasteiger partial charge in [-0.1, -0.05) is 116 Å². The Hall–Kier alpha value is -3.22. The Balaban J connectivity index is 1.82. The summed E-state index contributed by atoms with van der Waals surface area (Å²) in [6.07, 6.45) is 0.951. The zero-order chi connectivity index (χ0) is 21.5. The van der Waals surface area contributed by atoms with Crippen LogP contribution in [-0.4, -0.2) is 5.84 Å². The molecular formula is C28H27N2P. The molecule has 0 aromatic heterocycles. The molecule has 0 bridgehead atoms. The third-order valence-corrected chi connectivity index (χ3v) is 7.24. The summed E-state index contributed by atoms with van der Waals surface area (Å²) in [5.41, 5.74) is 4.60. The van der Waals surface area contributed by atoms with Gasteiger partial charge >= 0.3 is 0 Å². The smallest absolute Gasteiger partial charge is 0.137 e. The van der Waals surface area contributed by atoms with E-state index in [1.165, 1.54) is 21.7 Å². The molecule has 0 fully saturated rings. The Kier molecular flexibility index (Phi) is 6.92. The van der Waals surface area contributed by atoms with Crippen molar-refractivity contribution in [2.45, 2.75) is 20.3 Å². The van der Waals surface area contributed by atoms with Gasteiger partial charge in [0.25, 0.3) is 0 Å². The SMILES string of the molecule is CCc1ccccc1/N=C(/NP(c1ccccc1)c1ccccc1)c1ccc(C)cc1. The highest BCUT2D eigenvalue weighted by atomic mass is 31.1. The summed E-state index contributed by atoms with van der Waals surface area (Å²) in [4.78, 5) is 5.14. The molecule has 0 unspecified atom stereocenters. The molecule has 0 spiro atoms. The van der Waals surface area contributed by atoms with Crippen LogP contribution in [0, 0.1) is 6.92 Å². The first-order valence-corrected chi connectivity index (χ1v) is 12.0. The number of aliphatic imine (C=N–C) groups is 1. The van der Waals surface area contributed by atoms with Crippen LogP contribution in [0.1, 0.15) is 23.6 Å². The topological polar surface area (TPSA) is 24.4 Å². The second-order valence-electron chi connectivity index (χ2n) is 7.43. The zero-order valence-corrected chi connectivity index (χ0v) is 18.9. The maximum Gasteiger partial charge on any atom is 0.137 e. The minimum Gasteiger partial charge on any atom is -0.341 e. The number of rotatable bonds is 6. The van der Waals surface area contributed by atoms with Gasteiger partial charge in [0.1, 0.15) is 5.84 Å². The second kappa shape index (κ2) is 10.2. The molecule has 0 aliphatic heterocycles. The van der Waals surface area contributed by atoms with Gasteiger partial charge in [0.05, 0.1) is 13.8 Å². The first kappa shape index (κ1) is 21.0. The summed E-state index contributed by atoms with van der Waals surface area (Å²) in [5, 5.41) is 6.38. The lowest BCUT2D eigenvalue weighted by Gasteiger charge is -2.22. The molecule has 2 nitrogen and oxygen atoms in total. The molecule has 4 aromatic rings. The second-order valence-corrected chi connectivity index (χ2v) is 9.35. The van der Waals surface area contributed by atoms with Crippen LogP contribution in [0.2, 0.25) is 0 Å². The van der Waals surface area contributed by atoms with Crippen molar-refractivity contribution in [1.29, 1.82) is 0 Å². The number of aryl methyl sites for hydroxylation is 2. The summed E-state index contributed by atoms with van der Waals surface area (Å²) in [6, 6.07) is 38.3. The van der Waals surface area contributed by atoms with E-state index in [1.807, 2.05) is 0 Å². The van der Waals surface area contributed by atoms with Crippen molar-refractivity contribution < 1.29 is 0 Å². The molecule has 0 aliphatic rings. The highest BCUT2D eigenvalue weighted by molar-refractivity contribution is 7.71. The third-order valence-electron chi connectivity index (χ3n) is 5.18. The Labute approximate surface area is 186 Å². The van der Waals surface area contributed by atoms with Crippen molar-refractivity contribution in [2.75, 3.05) is 0 Å². The van der Waals surface area contributed by atoms with Crippen molar-refractivity contribution >= 4 is 30.2 Å². The number of nitrogens with zero attached hydrogens (tertiary/aromatic N) is 1. The number of amidine groups is 1. The predicted molar refractivity (Wildman–Crippen MR) is 135 cm³/mol. The van der Waals surface area contributed by atoms with Crippen LogP contribution < -0.4 is 15.7 Å². The molecule has 4 rings (SSSR count). The van der Waals surface area contributed by atoms with E-state index in [0.29, 0.717) is 0 Å². The van der Waals surface area contributed by atoms with Crippen molar-refractivity contribution in [1.82, 2.24) is 5.09 Å². The molecule has 0 atom stereocenters. The maximum atomic E-state index is 5.14. The summed E-state index contributed by atoms with van der Waals surface area (Å²) < 4.78 is 0. The average Bonchev–Trinajstić information content (AvgIpc) is 2.83. The fraction of sp³-hybridized carbons (Fsp3) is 0.107. The molecule has 0 amide bonds. The molecule has 0 aliphatic carbocycles. The van der Waals surface area contributed by atoms with E-state index in [-0.39, 0.29) is 0 Å². The average molecular weight is 423 g/mol. The van der Waals surface area contributed by atoms with Crippen molar-refractivity contribution in [2.24, 2.45) is 4.99 Å². The van der Waals surface area contributed by atoms with E-state index >= 15 is 0 Å². The Morgan fingerprint density at radius 1 is 0.710 bits per heavy atom. The molecule has 3 heteroatoms. The van der Waals surface area contributed by atoms with Gasteiger partial charge in [-0.3, -0.25) is 0 Å². The number of nitrogens with one attached hydrogen (secondary N) is 1. The van der Waals surface area contributed by atoms with Crippen LogP contribution in [0.4, 0.5) is 5.69 Å². The highest BCUT2D eigenvalue weighted by Crippen LogP contribution is 2.30. The van der Waals surface area contributed by atoms with E-state index in [0.717, 1.165) is 23.5 Å². The maximum absolute atomic E-state index is 5.14. The number of hydrogen-bond acceptors (Lipinski definition) is 1. The Morgan fingerprint density at radius 2 is 1.26 bits per heavy atom. The van der Waals surface area contributed by atoms with Crippen LogP contribution in [0.15, 0.2) is 114 Å². The van der Waals surface area contributed by atoms with E-state index in [1.54, 1.807) is 0 Å². The Bertz CT molecular complexity index is 1100. The van der Waals surface area contributed by atoms with Crippen LogP contribution in [-0.2, 0) is 6.42 Å². The molecule has 0 radical (unpaired) electrons. The fourth-order valence-corrected chi connectivity index (χ4v) is 5.33. The highest BCUT2D eigenvalue weighted by Gasteiger charge is 2.17. The lowest BCUT2D eigenvalue weighted by Crippen LogP contribution is -2.29. The summed E-state index contributed by atoms with van der Waals surface area (Å²) >= 11 is 0. The van der Waals surface area contributed by atoms with Gasteiger partial charge in [-0.05, 0) is 25.0 Å². The largest absolute Gasteiger partial charge is 0.341 e. The summed E-state index contributed by atoms with van der Waals surface area (Å²) in [7, 11) is -0.812. The zero-order valence-electron chi connectivity index (χ0n) is 18.0. The lowest BCUT2D eigenvalue weighted by atomic mass is 10.1. The first-order chi connectivity index (χ1) is 15.2. The molecule has 31 heavy (non-hydrogen) atoms. The predicted octanol–water partition coefficient (Wildman–Crippen LogP) is 6.27. The number of para-hydroxylation sites is 1. The molecular weight excluding hydrogens is 395 g/mol. The van der Waals surface area contributed by atoms with Crippen LogP contribution in [0.3, 0.4) is 0 Å². The quantitative estimate of drug-likeness (QED) is 0.221.